The molecule has 92 valence electrons. The summed E-state index contributed by atoms with van der Waals surface area (Å²) in [6.07, 6.45) is 3.18. The third-order valence-corrected chi connectivity index (χ3v) is 3.34. The van der Waals surface area contributed by atoms with Crippen LogP contribution in [0, 0.1) is 5.92 Å². The molecule has 0 bridgehead atoms. The maximum atomic E-state index is 10.6. The lowest BCUT2D eigenvalue weighted by Crippen LogP contribution is -2.29. The number of ether oxygens (including phenoxy) is 1. The first-order chi connectivity index (χ1) is 8.29. The van der Waals surface area contributed by atoms with Crippen LogP contribution in [0.5, 0.6) is 0 Å². The summed E-state index contributed by atoms with van der Waals surface area (Å²) < 4.78 is 5.36. The molecule has 1 aliphatic rings. The van der Waals surface area contributed by atoms with E-state index in [1.807, 2.05) is 24.3 Å². The zero-order valence-corrected chi connectivity index (χ0v) is 10.3. The van der Waals surface area contributed by atoms with Gasteiger partial charge in [0.25, 0.3) is 0 Å². The number of hydrogen-bond acceptors (Lipinski definition) is 3. The Balaban J connectivity index is 1.93. The molecule has 3 nitrogen and oxygen atoms in total. The number of hydrogen-bond donors (Lipinski definition) is 0. The van der Waals surface area contributed by atoms with E-state index in [9.17, 15) is 4.79 Å². The molecule has 0 unspecified atom stereocenters. The number of rotatable bonds is 4. The molecule has 0 radical (unpaired) electrons. The molecule has 1 saturated heterocycles. The van der Waals surface area contributed by atoms with Gasteiger partial charge in [0, 0.05) is 38.1 Å². The van der Waals surface area contributed by atoms with E-state index in [2.05, 4.69) is 11.9 Å². The van der Waals surface area contributed by atoms with E-state index >= 15 is 0 Å². The van der Waals surface area contributed by atoms with Crippen molar-refractivity contribution in [3.63, 3.8) is 0 Å². The van der Waals surface area contributed by atoms with E-state index in [1.54, 1.807) is 0 Å². The number of anilines is 1. The molecule has 1 aromatic rings. The van der Waals surface area contributed by atoms with E-state index in [0.29, 0.717) is 0 Å². The van der Waals surface area contributed by atoms with Gasteiger partial charge in [-0.15, -0.1) is 0 Å². The van der Waals surface area contributed by atoms with Crippen LogP contribution in [-0.2, 0) is 4.74 Å². The average Bonchev–Trinajstić information content (AvgIpc) is 2.40. The lowest BCUT2D eigenvalue weighted by molar-refractivity contribution is 0.0685. The van der Waals surface area contributed by atoms with E-state index in [1.165, 1.54) is 5.69 Å². The first-order valence-electron chi connectivity index (χ1n) is 6.13. The van der Waals surface area contributed by atoms with Crippen LogP contribution >= 0.6 is 0 Å². The van der Waals surface area contributed by atoms with Gasteiger partial charge < -0.3 is 9.64 Å². The van der Waals surface area contributed by atoms with E-state index < -0.39 is 0 Å². The third-order valence-electron chi connectivity index (χ3n) is 3.34. The van der Waals surface area contributed by atoms with Crippen molar-refractivity contribution in [1.29, 1.82) is 0 Å². The summed E-state index contributed by atoms with van der Waals surface area (Å²) in [6, 6.07) is 7.73. The lowest BCUT2D eigenvalue weighted by Gasteiger charge is -2.28. The van der Waals surface area contributed by atoms with Crippen molar-refractivity contribution in [2.75, 3.05) is 31.7 Å². The van der Waals surface area contributed by atoms with Crippen LogP contribution < -0.4 is 4.90 Å². The highest BCUT2D eigenvalue weighted by Gasteiger charge is 2.15. The third kappa shape index (κ3) is 3.30. The Morgan fingerprint density at radius 3 is 2.53 bits per heavy atom. The quantitative estimate of drug-likeness (QED) is 0.748. The van der Waals surface area contributed by atoms with Crippen LogP contribution in [0.2, 0.25) is 0 Å². The molecule has 0 atom stereocenters. The van der Waals surface area contributed by atoms with Crippen LogP contribution in [0.25, 0.3) is 0 Å². The molecule has 0 saturated carbocycles. The fraction of sp³-hybridized carbons (Fsp3) is 0.500. The van der Waals surface area contributed by atoms with Gasteiger partial charge in [-0.3, -0.25) is 4.79 Å². The van der Waals surface area contributed by atoms with Crippen molar-refractivity contribution in [1.82, 2.24) is 0 Å². The Morgan fingerprint density at radius 2 is 1.94 bits per heavy atom. The highest BCUT2D eigenvalue weighted by molar-refractivity contribution is 5.75. The summed E-state index contributed by atoms with van der Waals surface area (Å²) >= 11 is 0. The minimum absolute atomic E-state index is 0.722. The maximum absolute atomic E-state index is 10.6. The molecule has 0 N–H and O–H groups in total. The summed E-state index contributed by atoms with van der Waals surface area (Å²) in [6.45, 7) is 2.84. The molecule has 1 aromatic carbocycles. The van der Waals surface area contributed by atoms with Gasteiger partial charge >= 0.3 is 0 Å². The molecule has 0 aliphatic carbocycles. The van der Waals surface area contributed by atoms with Crippen molar-refractivity contribution in [2.24, 2.45) is 5.92 Å². The SMILES string of the molecule is CN(CC1CCOCC1)c1ccc(C=O)cc1. The van der Waals surface area contributed by atoms with Crippen molar-refractivity contribution >= 4 is 12.0 Å². The molecular formula is C14H19NO2. The summed E-state index contributed by atoms with van der Waals surface area (Å²) in [4.78, 5) is 12.8. The van der Waals surface area contributed by atoms with Gasteiger partial charge in [-0.1, -0.05) is 0 Å². The molecular weight excluding hydrogens is 214 g/mol. The Morgan fingerprint density at radius 1 is 1.29 bits per heavy atom. The number of carbonyl (C=O) groups excluding carboxylic acids is 1. The first-order valence-corrected chi connectivity index (χ1v) is 6.13. The van der Waals surface area contributed by atoms with Crippen LogP contribution in [-0.4, -0.2) is 33.1 Å². The van der Waals surface area contributed by atoms with Gasteiger partial charge in [-0.05, 0) is 43.0 Å². The van der Waals surface area contributed by atoms with Gasteiger partial charge in [0.2, 0.25) is 0 Å². The van der Waals surface area contributed by atoms with Crippen molar-refractivity contribution < 1.29 is 9.53 Å². The fourth-order valence-electron chi connectivity index (χ4n) is 2.23. The predicted octanol–water partition coefficient (Wildman–Crippen LogP) is 2.36. The summed E-state index contributed by atoms with van der Waals surface area (Å²) in [5.41, 5.74) is 1.90. The van der Waals surface area contributed by atoms with Gasteiger partial charge in [-0.2, -0.15) is 0 Å². The molecule has 0 aromatic heterocycles. The van der Waals surface area contributed by atoms with Gasteiger partial charge in [-0.25, -0.2) is 0 Å². The van der Waals surface area contributed by atoms with E-state index in [4.69, 9.17) is 4.74 Å². The van der Waals surface area contributed by atoms with Crippen LogP contribution in [0.15, 0.2) is 24.3 Å². The molecule has 2 rings (SSSR count). The van der Waals surface area contributed by atoms with Crippen molar-refractivity contribution in [3.05, 3.63) is 29.8 Å². The summed E-state index contributed by atoms with van der Waals surface area (Å²) in [5, 5.41) is 0. The first kappa shape index (κ1) is 12.1. The van der Waals surface area contributed by atoms with Crippen LogP contribution in [0.4, 0.5) is 5.69 Å². The number of carbonyl (C=O) groups is 1. The highest BCUT2D eigenvalue weighted by Crippen LogP contribution is 2.20. The number of aldehydes is 1. The molecule has 0 amide bonds. The normalized spacial score (nSPS) is 16.8. The maximum Gasteiger partial charge on any atom is 0.150 e. The minimum Gasteiger partial charge on any atom is -0.381 e. The molecule has 1 heterocycles. The van der Waals surface area contributed by atoms with Crippen molar-refractivity contribution in [2.45, 2.75) is 12.8 Å². The summed E-state index contributed by atoms with van der Waals surface area (Å²) in [5.74, 6) is 0.722. The Kier molecular flexibility index (Phi) is 4.15. The topological polar surface area (TPSA) is 29.5 Å². The standard InChI is InChI=1S/C14H19NO2/c1-15(10-12-6-8-17-9-7-12)14-4-2-13(11-16)3-5-14/h2-5,11-12H,6-10H2,1H3. The second kappa shape index (κ2) is 5.82. The predicted molar refractivity (Wildman–Crippen MR) is 68.6 cm³/mol. The second-order valence-corrected chi connectivity index (χ2v) is 4.65. The highest BCUT2D eigenvalue weighted by atomic mass is 16.5. The molecule has 1 fully saturated rings. The number of benzene rings is 1. The van der Waals surface area contributed by atoms with Crippen LogP contribution in [0.1, 0.15) is 23.2 Å². The smallest absolute Gasteiger partial charge is 0.150 e. The van der Waals surface area contributed by atoms with Crippen LogP contribution in [0.3, 0.4) is 0 Å². The lowest BCUT2D eigenvalue weighted by atomic mass is 9.99. The van der Waals surface area contributed by atoms with Gasteiger partial charge in [0.1, 0.15) is 6.29 Å². The van der Waals surface area contributed by atoms with Crippen molar-refractivity contribution in [3.8, 4) is 0 Å². The zero-order valence-electron chi connectivity index (χ0n) is 10.3. The Hall–Kier alpha value is -1.35. The fourth-order valence-corrected chi connectivity index (χ4v) is 2.23. The zero-order chi connectivity index (χ0) is 12.1. The molecule has 1 aliphatic heterocycles. The van der Waals surface area contributed by atoms with Gasteiger partial charge in [0.05, 0.1) is 0 Å². The monoisotopic (exact) mass is 233 g/mol. The molecule has 17 heavy (non-hydrogen) atoms. The Bertz CT molecular complexity index is 355. The summed E-state index contributed by atoms with van der Waals surface area (Å²) in [7, 11) is 2.10. The van der Waals surface area contributed by atoms with E-state index in [-0.39, 0.29) is 0 Å². The minimum atomic E-state index is 0.722. The second-order valence-electron chi connectivity index (χ2n) is 4.65. The average molecular weight is 233 g/mol. The number of nitrogens with zero attached hydrogens (tertiary/aromatic N) is 1. The Labute approximate surface area is 102 Å². The molecule has 3 heteroatoms. The van der Waals surface area contributed by atoms with Gasteiger partial charge in [0.15, 0.2) is 0 Å². The van der Waals surface area contributed by atoms with E-state index in [0.717, 1.165) is 50.4 Å². The largest absolute Gasteiger partial charge is 0.381 e. The molecule has 0 spiro atoms.